The Morgan fingerprint density at radius 1 is 1.16 bits per heavy atom. The third-order valence-corrected chi connectivity index (χ3v) is 4.38. The summed E-state index contributed by atoms with van der Waals surface area (Å²) in [6.07, 6.45) is -0.436. The predicted molar refractivity (Wildman–Crippen MR) is 91.3 cm³/mol. The van der Waals surface area contributed by atoms with E-state index in [-0.39, 0.29) is 0 Å². The molecular formula is C18H16ClNO5. The van der Waals surface area contributed by atoms with Crippen molar-refractivity contribution in [3.8, 4) is 5.75 Å². The quantitative estimate of drug-likeness (QED) is 0.871. The molecule has 2 aromatic rings. The SMILES string of the molecule is O=C(O)COc1ccc(Cl)cc1[C@@H]1c2ccccc2CCN1C(=O)O. The van der Waals surface area contributed by atoms with Crippen LogP contribution in [0.3, 0.4) is 0 Å². The summed E-state index contributed by atoms with van der Waals surface area (Å²) in [4.78, 5) is 23.9. The molecule has 1 aliphatic heterocycles. The Labute approximate surface area is 149 Å². The number of hydrogen-bond acceptors (Lipinski definition) is 3. The molecule has 6 nitrogen and oxygen atoms in total. The first-order valence-electron chi connectivity index (χ1n) is 7.69. The van der Waals surface area contributed by atoms with Crippen LogP contribution in [0.1, 0.15) is 22.7 Å². The average Bonchev–Trinajstić information content (AvgIpc) is 2.59. The van der Waals surface area contributed by atoms with Crippen molar-refractivity contribution in [2.24, 2.45) is 0 Å². The molecule has 1 amide bonds. The van der Waals surface area contributed by atoms with Gasteiger partial charge in [-0.1, -0.05) is 35.9 Å². The van der Waals surface area contributed by atoms with Crippen LogP contribution in [-0.2, 0) is 11.2 Å². The number of fused-ring (bicyclic) bond motifs is 1. The van der Waals surface area contributed by atoms with E-state index in [1.807, 2.05) is 24.3 Å². The maximum atomic E-state index is 11.8. The molecule has 0 aromatic heterocycles. The van der Waals surface area contributed by atoms with Crippen LogP contribution in [-0.4, -0.2) is 40.3 Å². The first kappa shape index (κ1) is 17.1. The fraction of sp³-hybridized carbons (Fsp3) is 0.222. The fourth-order valence-electron chi connectivity index (χ4n) is 3.11. The maximum absolute atomic E-state index is 11.8. The largest absolute Gasteiger partial charge is 0.482 e. The normalized spacial score (nSPS) is 16.2. The third kappa shape index (κ3) is 3.53. The average molecular weight is 362 g/mol. The molecule has 0 unspecified atom stereocenters. The topological polar surface area (TPSA) is 87.1 Å². The molecule has 0 spiro atoms. The lowest BCUT2D eigenvalue weighted by atomic mass is 9.88. The first-order valence-corrected chi connectivity index (χ1v) is 8.06. The maximum Gasteiger partial charge on any atom is 0.408 e. The van der Waals surface area contributed by atoms with Crippen molar-refractivity contribution in [1.29, 1.82) is 0 Å². The van der Waals surface area contributed by atoms with E-state index < -0.39 is 24.7 Å². The molecule has 0 fully saturated rings. The number of hydrogen-bond donors (Lipinski definition) is 2. The van der Waals surface area contributed by atoms with Gasteiger partial charge in [-0.05, 0) is 35.7 Å². The minimum atomic E-state index is -1.11. The van der Waals surface area contributed by atoms with Crippen LogP contribution in [0.2, 0.25) is 5.02 Å². The smallest absolute Gasteiger partial charge is 0.408 e. The molecule has 2 aromatic carbocycles. The zero-order valence-electron chi connectivity index (χ0n) is 13.2. The summed E-state index contributed by atoms with van der Waals surface area (Å²) >= 11 is 6.12. The van der Waals surface area contributed by atoms with Crippen molar-refractivity contribution in [3.05, 3.63) is 64.2 Å². The van der Waals surface area contributed by atoms with Crippen LogP contribution >= 0.6 is 11.6 Å². The Kier molecular flexibility index (Phi) is 4.81. The van der Waals surface area contributed by atoms with E-state index in [9.17, 15) is 14.7 Å². The van der Waals surface area contributed by atoms with E-state index >= 15 is 0 Å². The molecule has 1 heterocycles. The van der Waals surface area contributed by atoms with Gasteiger partial charge >= 0.3 is 12.1 Å². The molecule has 0 aliphatic carbocycles. The summed E-state index contributed by atoms with van der Waals surface area (Å²) in [7, 11) is 0. The van der Waals surface area contributed by atoms with E-state index in [0.29, 0.717) is 29.3 Å². The molecule has 130 valence electrons. The van der Waals surface area contributed by atoms with Crippen LogP contribution in [0.15, 0.2) is 42.5 Å². The first-order chi connectivity index (χ1) is 12.0. The van der Waals surface area contributed by atoms with Crippen molar-refractivity contribution in [2.45, 2.75) is 12.5 Å². The zero-order valence-corrected chi connectivity index (χ0v) is 13.9. The summed E-state index contributed by atoms with van der Waals surface area (Å²) in [5.41, 5.74) is 2.43. The van der Waals surface area contributed by atoms with Gasteiger partial charge in [0.05, 0.1) is 6.04 Å². The van der Waals surface area contributed by atoms with Crippen molar-refractivity contribution in [3.63, 3.8) is 0 Å². The second kappa shape index (κ2) is 7.03. The summed E-state index contributed by atoms with van der Waals surface area (Å²) in [5, 5.41) is 18.9. The molecule has 7 heteroatoms. The molecule has 0 radical (unpaired) electrons. The van der Waals surface area contributed by atoms with E-state index in [1.165, 1.54) is 4.90 Å². The third-order valence-electron chi connectivity index (χ3n) is 4.15. The van der Waals surface area contributed by atoms with Gasteiger partial charge in [-0.2, -0.15) is 0 Å². The number of halogens is 1. The number of benzene rings is 2. The highest BCUT2D eigenvalue weighted by Crippen LogP contribution is 2.40. The fourth-order valence-corrected chi connectivity index (χ4v) is 3.29. The van der Waals surface area contributed by atoms with E-state index in [2.05, 4.69) is 0 Å². The summed E-state index contributed by atoms with van der Waals surface area (Å²) in [5.74, 6) is -0.806. The lowest BCUT2D eigenvalue weighted by Gasteiger charge is -2.36. The molecule has 0 saturated carbocycles. The highest BCUT2D eigenvalue weighted by molar-refractivity contribution is 6.30. The molecule has 3 rings (SSSR count). The molecule has 0 saturated heterocycles. The number of ether oxygens (including phenoxy) is 1. The second-order valence-electron chi connectivity index (χ2n) is 5.69. The van der Waals surface area contributed by atoms with Gasteiger partial charge in [0.25, 0.3) is 0 Å². The molecule has 2 N–H and O–H groups in total. The monoisotopic (exact) mass is 361 g/mol. The Morgan fingerprint density at radius 2 is 1.92 bits per heavy atom. The Hall–Kier alpha value is -2.73. The zero-order chi connectivity index (χ0) is 18.0. The number of rotatable bonds is 4. The Bertz CT molecular complexity index is 823. The minimum absolute atomic E-state index is 0.305. The van der Waals surface area contributed by atoms with Crippen molar-refractivity contribution in [2.75, 3.05) is 13.2 Å². The predicted octanol–water partition coefficient (Wildman–Crippen LogP) is 3.43. The standard InChI is InChI=1S/C18H16ClNO5/c19-12-5-6-15(25-10-16(21)22)14(9-12)17-13-4-2-1-3-11(13)7-8-20(17)18(23)24/h1-6,9,17H,7-8,10H2,(H,21,22)(H,23,24)/t17-/m0/s1. The van der Waals surface area contributed by atoms with E-state index in [1.54, 1.807) is 18.2 Å². The van der Waals surface area contributed by atoms with Gasteiger partial charge in [0.1, 0.15) is 5.75 Å². The van der Waals surface area contributed by atoms with Crippen LogP contribution in [0, 0.1) is 0 Å². The second-order valence-corrected chi connectivity index (χ2v) is 6.13. The Morgan fingerprint density at radius 3 is 2.64 bits per heavy atom. The molecule has 1 atom stereocenters. The van der Waals surface area contributed by atoms with Gasteiger partial charge in [-0.25, -0.2) is 9.59 Å². The highest BCUT2D eigenvalue weighted by Gasteiger charge is 2.33. The number of carbonyl (C=O) groups is 2. The van der Waals surface area contributed by atoms with E-state index in [0.717, 1.165) is 11.1 Å². The lowest BCUT2D eigenvalue weighted by Crippen LogP contribution is -2.39. The van der Waals surface area contributed by atoms with Gasteiger partial charge in [-0.3, -0.25) is 4.90 Å². The van der Waals surface area contributed by atoms with E-state index in [4.69, 9.17) is 21.4 Å². The number of carboxylic acid groups (broad SMARTS) is 2. The van der Waals surface area contributed by atoms with Crippen LogP contribution in [0.4, 0.5) is 4.79 Å². The van der Waals surface area contributed by atoms with Crippen molar-refractivity contribution >= 4 is 23.7 Å². The highest BCUT2D eigenvalue weighted by atomic mass is 35.5. The van der Waals surface area contributed by atoms with Crippen LogP contribution in [0.25, 0.3) is 0 Å². The summed E-state index contributed by atoms with van der Waals surface area (Å²) < 4.78 is 5.37. The number of nitrogens with zero attached hydrogens (tertiary/aromatic N) is 1. The summed E-state index contributed by atoms with van der Waals surface area (Å²) in [6, 6.07) is 11.8. The Balaban J connectivity index is 2.12. The number of amides is 1. The van der Waals surface area contributed by atoms with Crippen molar-refractivity contribution in [1.82, 2.24) is 4.90 Å². The van der Waals surface area contributed by atoms with Gasteiger partial charge < -0.3 is 14.9 Å². The van der Waals surface area contributed by atoms with Crippen molar-refractivity contribution < 1.29 is 24.5 Å². The van der Waals surface area contributed by atoms with Crippen LogP contribution in [0.5, 0.6) is 5.75 Å². The number of aliphatic carboxylic acids is 1. The minimum Gasteiger partial charge on any atom is -0.482 e. The van der Waals surface area contributed by atoms with Crippen LogP contribution < -0.4 is 4.74 Å². The number of carboxylic acids is 1. The molecule has 0 bridgehead atoms. The molecular weight excluding hydrogens is 346 g/mol. The molecule has 1 aliphatic rings. The van der Waals surface area contributed by atoms with Gasteiger partial charge in [-0.15, -0.1) is 0 Å². The lowest BCUT2D eigenvalue weighted by molar-refractivity contribution is -0.139. The van der Waals surface area contributed by atoms with Gasteiger partial charge in [0.2, 0.25) is 0 Å². The van der Waals surface area contributed by atoms with Gasteiger partial charge in [0, 0.05) is 17.1 Å². The molecule has 25 heavy (non-hydrogen) atoms. The summed E-state index contributed by atoms with van der Waals surface area (Å²) in [6.45, 7) is -0.183. The van der Waals surface area contributed by atoms with Gasteiger partial charge in [0.15, 0.2) is 6.61 Å².